The number of hydrogen-bond acceptors (Lipinski definition) is 2. The molecule has 94 valence electrons. The summed E-state index contributed by atoms with van der Waals surface area (Å²) in [7, 11) is 1.66. The molecule has 0 aliphatic rings. The van der Waals surface area contributed by atoms with Gasteiger partial charge in [-0.25, -0.2) is 0 Å². The Labute approximate surface area is 112 Å². The first-order valence-corrected chi connectivity index (χ1v) is 6.11. The fraction of sp³-hybridized carbons (Fsp3) is 0.200. The topological polar surface area (TPSA) is 18.5 Å². The van der Waals surface area contributed by atoms with Crippen molar-refractivity contribution in [1.29, 1.82) is 0 Å². The fourth-order valence-electron chi connectivity index (χ4n) is 1.59. The van der Waals surface area contributed by atoms with Crippen LogP contribution in [-0.4, -0.2) is 7.11 Å². The second-order valence-electron chi connectivity index (χ2n) is 3.97. The zero-order valence-corrected chi connectivity index (χ0v) is 11.0. The van der Waals surface area contributed by atoms with Gasteiger partial charge in [-0.3, -0.25) is 0 Å². The molecule has 0 aliphatic carbocycles. The lowest BCUT2D eigenvalue weighted by molar-refractivity contribution is 0.107. The van der Waals surface area contributed by atoms with E-state index in [1.165, 1.54) is 0 Å². The van der Waals surface area contributed by atoms with Gasteiger partial charge >= 0.3 is 0 Å². The minimum Gasteiger partial charge on any atom is -0.497 e. The minimum atomic E-state index is 0.587. The van der Waals surface area contributed by atoms with E-state index in [1.807, 2.05) is 48.5 Å². The van der Waals surface area contributed by atoms with Gasteiger partial charge in [0.2, 0.25) is 0 Å². The van der Waals surface area contributed by atoms with E-state index < -0.39 is 0 Å². The van der Waals surface area contributed by atoms with Gasteiger partial charge < -0.3 is 9.47 Å². The molecular formula is C15H15ClO2. The highest BCUT2D eigenvalue weighted by atomic mass is 35.5. The lowest BCUT2D eigenvalue weighted by atomic mass is 10.2. The molecule has 0 saturated carbocycles. The van der Waals surface area contributed by atoms with Crippen molar-refractivity contribution in [2.24, 2.45) is 0 Å². The van der Waals surface area contributed by atoms with Gasteiger partial charge in [0, 0.05) is 5.02 Å². The fourth-order valence-corrected chi connectivity index (χ4v) is 1.72. The summed E-state index contributed by atoms with van der Waals surface area (Å²) >= 11 is 5.82. The van der Waals surface area contributed by atoms with Gasteiger partial charge in [-0.05, 0) is 35.4 Å². The number of ether oxygens (including phenoxy) is 2. The standard InChI is InChI=1S/C15H15ClO2/c1-17-15-8-4-13(5-9-15)11-18-10-12-2-6-14(16)7-3-12/h2-9H,10-11H2,1H3. The van der Waals surface area contributed by atoms with E-state index in [9.17, 15) is 0 Å². The van der Waals surface area contributed by atoms with Gasteiger partial charge in [-0.1, -0.05) is 35.9 Å². The predicted octanol–water partition coefficient (Wildman–Crippen LogP) is 4.07. The van der Waals surface area contributed by atoms with E-state index in [4.69, 9.17) is 21.1 Å². The Bertz CT molecular complexity index is 477. The molecule has 18 heavy (non-hydrogen) atoms. The number of rotatable bonds is 5. The second-order valence-corrected chi connectivity index (χ2v) is 4.40. The Morgan fingerprint density at radius 3 is 1.83 bits per heavy atom. The summed E-state index contributed by atoms with van der Waals surface area (Å²) in [6.07, 6.45) is 0. The molecule has 2 aromatic rings. The van der Waals surface area contributed by atoms with E-state index in [0.29, 0.717) is 13.2 Å². The minimum absolute atomic E-state index is 0.587. The van der Waals surface area contributed by atoms with E-state index in [0.717, 1.165) is 21.9 Å². The van der Waals surface area contributed by atoms with Crippen molar-refractivity contribution in [2.45, 2.75) is 13.2 Å². The molecule has 2 rings (SSSR count). The molecule has 0 saturated heterocycles. The van der Waals surface area contributed by atoms with Crippen LogP contribution in [0.4, 0.5) is 0 Å². The molecule has 0 aromatic heterocycles. The largest absolute Gasteiger partial charge is 0.497 e. The summed E-state index contributed by atoms with van der Waals surface area (Å²) in [5, 5.41) is 0.744. The van der Waals surface area contributed by atoms with Crippen LogP contribution in [0.3, 0.4) is 0 Å². The Balaban J connectivity index is 1.82. The Kier molecular flexibility index (Phi) is 4.62. The lowest BCUT2D eigenvalue weighted by Gasteiger charge is -2.06. The maximum absolute atomic E-state index is 5.82. The van der Waals surface area contributed by atoms with E-state index in [1.54, 1.807) is 7.11 Å². The molecule has 0 atom stereocenters. The van der Waals surface area contributed by atoms with E-state index in [-0.39, 0.29) is 0 Å². The van der Waals surface area contributed by atoms with E-state index >= 15 is 0 Å². The zero-order chi connectivity index (χ0) is 12.8. The van der Waals surface area contributed by atoms with Gasteiger partial charge in [0.1, 0.15) is 5.75 Å². The van der Waals surface area contributed by atoms with Crippen LogP contribution in [0.25, 0.3) is 0 Å². The van der Waals surface area contributed by atoms with Crippen molar-refractivity contribution < 1.29 is 9.47 Å². The third-order valence-corrected chi connectivity index (χ3v) is 2.86. The van der Waals surface area contributed by atoms with Crippen LogP contribution in [0.1, 0.15) is 11.1 Å². The molecule has 0 amide bonds. The number of halogens is 1. The third kappa shape index (κ3) is 3.76. The van der Waals surface area contributed by atoms with Crippen LogP contribution >= 0.6 is 11.6 Å². The molecule has 0 unspecified atom stereocenters. The third-order valence-electron chi connectivity index (χ3n) is 2.61. The zero-order valence-electron chi connectivity index (χ0n) is 10.2. The van der Waals surface area contributed by atoms with Crippen molar-refractivity contribution in [2.75, 3.05) is 7.11 Å². The molecule has 0 aliphatic heterocycles. The predicted molar refractivity (Wildman–Crippen MR) is 72.9 cm³/mol. The first-order chi connectivity index (χ1) is 8.78. The van der Waals surface area contributed by atoms with Crippen LogP contribution < -0.4 is 4.74 Å². The second kappa shape index (κ2) is 6.43. The smallest absolute Gasteiger partial charge is 0.118 e. The number of benzene rings is 2. The number of hydrogen-bond donors (Lipinski definition) is 0. The molecule has 0 N–H and O–H groups in total. The average Bonchev–Trinajstić information content (AvgIpc) is 2.42. The highest BCUT2D eigenvalue weighted by Crippen LogP contribution is 2.14. The quantitative estimate of drug-likeness (QED) is 0.809. The van der Waals surface area contributed by atoms with Crippen LogP contribution in [0.2, 0.25) is 5.02 Å². The summed E-state index contributed by atoms with van der Waals surface area (Å²) in [6.45, 7) is 1.18. The molecule has 0 fully saturated rings. The first kappa shape index (κ1) is 12.9. The summed E-state index contributed by atoms with van der Waals surface area (Å²) < 4.78 is 10.7. The van der Waals surface area contributed by atoms with Gasteiger partial charge in [-0.2, -0.15) is 0 Å². The Hall–Kier alpha value is -1.51. The normalized spacial score (nSPS) is 10.3. The maximum atomic E-state index is 5.82. The Morgan fingerprint density at radius 2 is 1.33 bits per heavy atom. The maximum Gasteiger partial charge on any atom is 0.118 e. The van der Waals surface area contributed by atoms with Crippen LogP contribution in [0.5, 0.6) is 5.75 Å². The average molecular weight is 263 g/mol. The van der Waals surface area contributed by atoms with Crippen molar-refractivity contribution in [3.05, 3.63) is 64.7 Å². The van der Waals surface area contributed by atoms with Crippen molar-refractivity contribution in [1.82, 2.24) is 0 Å². The summed E-state index contributed by atoms with van der Waals surface area (Å²) in [6, 6.07) is 15.5. The van der Waals surface area contributed by atoms with E-state index in [2.05, 4.69) is 0 Å². The summed E-state index contributed by atoms with van der Waals surface area (Å²) in [5.74, 6) is 0.858. The molecule has 0 radical (unpaired) electrons. The highest BCUT2D eigenvalue weighted by molar-refractivity contribution is 6.30. The van der Waals surface area contributed by atoms with Crippen molar-refractivity contribution >= 4 is 11.6 Å². The molecule has 2 nitrogen and oxygen atoms in total. The number of methoxy groups -OCH3 is 1. The Morgan fingerprint density at radius 1 is 0.833 bits per heavy atom. The molecular weight excluding hydrogens is 248 g/mol. The molecule has 0 heterocycles. The van der Waals surface area contributed by atoms with Gasteiger partial charge in [-0.15, -0.1) is 0 Å². The SMILES string of the molecule is COc1ccc(COCc2ccc(Cl)cc2)cc1. The van der Waals surface area contributed by atoms with Crippen LogP contribution in [0, 0.1) is 0 Å². The van der Waals surface area contributed by atoms with Crippen molar-refractivity contribution in [3.63, 3.8) is 0 Å². The summed E-state index contributed by atoms with van der Waals surface area (Å²) in [4.78, 5) is 0. The van der Waals surface area contributed by atoms with Crippen molar-refractivity contribution in [3.8, 4) is 5.75 Å². The molecule has 3 heteroatoms. The van der Waals surface area contributed by atoms with Gasteiger partial charge in [0.15, 0.2) is 0 Å². The molecule has 0 bridgehead atoms. The van der Waals surface area contributed by atoms with Crippen LogP contribution in [0.15, 0.2) is 48.5 Å². The first-order valence-electron chi connectivity index (χ1n) is 5.73. The van der Waals surface area contributed by atoms with Gasteiger partial charge in [0.25, 0.3) is 0 Å². The highest BCUT2D eigenvalue weighted by Gasteiger charge is 1.97. The monoisotopic (exact) mass is 262 g/mol. The van der Waals surface area contributed by atoms with Gasteiger partial charge in [0.05, 0.1) is 20.3 Å². The molecule has 2 aromatic carbocycles. The van der Waals surface area contributed by atoms with Crippen LogP contribution in [-0.2, 0) is 18.0 Å². The summed E-state index contributed by atoms with van der Waals surface area (Å²) in [5.41, 5.74) is 2.25. The lowest BCUT2D eigenvalue weighted by Crippen LogP contribution is -1.94. The molecule has 0 spiro atoms.